The number of aryl methyl sites for hydroxylation is 2. The summed E-state index contributed by atoms with van der Waals surface area (Å²) in [5.41, 5.74) is 0.519. The maximum absolute atomic E-state index is 12.9. The summed E-state index contributed by atoms with van der Waals surface area (Å²) in [7, 11) is 0. The summed E-state index contributed by atoms with van der Waals surface area (Å²) in [5.74, 6) is -0.935. The van der Waals surface area contributed by atoms with Crippen LogP contribution in [-0.2, 0) is 0 Å². The van der Waals surface area contributed by atoms with E-state index in [0.717, 1.165) is 4.57 Å². The van der Waals surface area contributed by atoms with Crippen LogP contribution in [0.5, 0.6) is 0 Å². The molecule has 0 saturated carbocycles. The first-order chi connectivity index (χ1) is 10.7. The Labute approximate surface area is 131 Å². The molecule has 0 aliphatic heterocycles. The summed E-state index contributed by atoms with van der Waals surface area (Å²) >= 11 is 0. The fourth-order valence-corrected chi connectivity index (χ4v) is 3.01. The largest absolute Gasteiger partial charge is 0.318 e. The second-order valence-electron chi connectivity index (χ2n) is 5.68. The van der Waals surface area contributed by atoms with Gasteiger partial charge in [0.25, 0.3) is 5.56 Å². The van der Waals surface area contributed by atoms with Gasteiger partial charge in [-0.1, -0.05) is 6.58 Å². The van der Waals surface area contributed by atoms with Crippen molar-refractivity contribution >= 4 is 17.3 Å². The van der Waals surface area contributed by atoms with Crippen molar-refractivity contribution < 1.29 is 9.59 Å². The maximum atomic E-state index is 12.9. The zero-order chi connectivity index (χ0) is 17.0. The Bertz CT molecular complexity index is 1040. The van der Waals surface area contributed by atoms with E-state index in [0.29, 0.717) is 16.8 Å². The van der Waals surface area contributed by atoms with Gasteiger partial charge in [0, 0.05) is 17.8 Å². The Balaban J connectivity index is 2.52. The van der Waals surface area contributed by atoms with Crippen molar-refractivity contribution in [3.05, 3.63) is 73.1 Å². The Kier molecular flexibility index (Phi) is 3.07. The van der Waals surface area contributed by atoms with Crippen molar-refractivity contribution in [3.8, 4) is 0 Å². The van der Waals surface area contributed by atoms with Crippen molar-refractivity contribution in [2.24, 2.45) is 0 Å². The van der Waals surface area contributed by atoms with E-state index in [1.54, 1.807) is 20.8 Å². The van der Waals surface area contributed by atoms with E-state index in [9.17, 15) is 19.2 Å². The molecule has 116 valence electrons. The molecule has 2 aromatic rings. The average molecular weight is 310 g/mol. The Morgan fingerprint density at radius 3 is 2.22 bits per heavy atom. The van der Waals surface area contributed by atoms with Crippen LogP contribution >= 0.6 is 0 Å². The van der Waals surface area contributed by atoms with Crippen LogP contribution in [-0.4, -0.2) is 21.1 Å². The number of hydrogen-bond acceptors (Lipinski definition) is 4. The molecule has 0 aromatic carbocycles. The van der Waals surface area contributed by atoms with Gasteiger partial charge >= 0.3 is 0 Å². The van der Waals surface area contributed by atoms with Gasteiger partial charge < -0.3 is 4.98 Å². The first-order valence-electron chi connectivity index (χ1n) is 7.00. The number of pyridine rings is 2. The van der Waals surface area contributed by atoms with Crippen molar-refractivity contribution in [1.29, 1.82) is 0 Å². The van der Waals surface area contributed by atoms with Gasteiger partial charge in [0.05, 0.1) is 11.1 Å². The summed E-state index contributed by atoms with van der Waals surface area (Å²) in [6.45, 7) is 8.49. The van der Waals surface area contributed by atoms with Gasteiger partial charge in [-0.3, -0.25) is 23.7 Å². The Morgan fingerprint density at radius 1 is 1.00 bits per heavy atom. The van der Waals surface area contributed by atoms with E-state index >= 15 is 0 Å². The molecule has 0 bridgehead atoms. The fraction of sp³-hybridized carbons (Fsp3) is 0.176. The van der Waals surface area contributed by atoms with E-state index in [1.165, 1.54) is 12.1 Å². The highest BCUT2D eigenvalue weighted by molar-refractivity contribution is 6.28. The van der Waals surface area contributed by atoms with Crippen LogP contribution < -0.4 is 11.1 Å². The van der Waals surface area contributed by atoms with Gasteiger partial charge in [-0.2, -0.15) is 0 Å². The minimum absolute atomic E-state index is 0.0405. The second kappa shape index (κ2) is 4.74. The standard InChI is InChI=1S/C17H14N2O4/c1-7(2)19-11(21)6-9(4)13-15(19)17(23)14-12(16(13)22)8(3)5-10(20)18-14/h5-6H,1H2,2-4H3,(H,18,20). The van der Waals surface area contributed by atoms with Gasteiger partial charge in [-0.25, -0.2) is 0 Å². The summed E-state index contributed by atoms with van der Waals surface area (Å²) < 4.78 is 1.12. The highest BCUT2D eigenvalue weighted by atomic mass is 16.2. The molecule has 0 spiro atoms. The van der Waals surface area contributed by atoms with Gasteiger partial charge in [-0.15, -0.1) is 0 Å². The summed E-state index contributed by atoms with van der Waals surface area (Å²) in [5, 5.41) is 0. The lowest BCUT2D eigenvalue weighted by molar-refractivity contribution is 0.0968. The zero-order valence-corrected chi connectivity index (χ0v) is 12.9. The number of carbonyl (C=O) groups excluding carboxylic acids is 2. The highest BCUT2D eigenvalue weighted by Crippen LogP contribution is 2.29. The van der Waals surface area contributed by atoms with E-state index in [4.69, 9.17) is 0 Å². The quantitative estimate of drug-likeness (QED) is 0.736. The Morgan fingerprint density at radius 2 is 1.61 bits per heavy atom. The minimum atomic E-state index is -0.556. The highest BCUT2D eigenvalue weighted by Gasteiger charge is 2.36. The summed E-state index contributed by atoms with van der Waals surface area (Å²) in [4.78, 5) is 52.1. The lowest BCUT2D eigenvalue weighted by Crippen LogP contribution is -2.35. The molecule has 1 aliphatic carbocycles. The van der Waals surface area contributed by atoms with Crippen molar-refractivity contribution in [1.82, 2.24) is 9.55 Å². The zero-order valence-electron chi connectivity index (χ0n) is 12.9. The lowest BCUT2D eigenvalue weighted by Gasteiger charge is -2.23. The number of rotatable bonds is 1. The van der Waals surface area contributed by atoms with Gasteiger partial charge in [0.2, 0.25) is 11.3 Å². The van der Waals surface area contributed by atoms with Gasteiger partial charge in [0.1, 0.15) is 11.4 Å². The molecule has 1 aliphatic rings. The minimum Gasteiger partial charge on any atom is -0.318 e. The second-order valence-corrected chi connectivity index (χ2v) is 5.68. The molecule has 23 heavy (non-hydrogen) atoms. The fourth-order valence-electron chi connectivity index (χ4n) is 3.01. The SMILES string of the molecule is C=C(C)n1c2c(c(C)cc1=O)C(=O)c1c(C)cc(=O)[nH]c1C2=O. The molecule has 0 atom stereocenters. The monoisotopic (exact) mass is 310 g/mol. The molecule has 2 heterocycles. The molecule has 0 amide bonds. The van der Waals surface area contributed by atoms with Crippen molar-refractivity contribution in [3.63, 3.8) is 0 Å². The average Bonchev–Trinajstić information content (AvgIpc) is 2.42. The van der Waals surface area contributed by atoms with E-state index < -0.39 is 16.9 Å². The number of nitrogens with zero attached hydrogens (tertiary/aromatic N) is 1. The third-order valence-corrected chi connectivity index (χ3v) is 3.93. The number of hydrogen-bond donors (Lipinski definition) is 1. The van der Waals surface area contributed by atoms with Crippen molar-refractivity contribution in [2.75, 3.05) is 0 Å². The molecule has 0 saturated heterocycles. The smallest absolute Gasteiger partial charge is 0.255 e. The molecule has 6 nitrogen and oxygen atoms in total. The number of aromatic nitrogens is 2. The Hall–Kier alpha value is -3.02. The lowest BCUT2D eigenvalue weighted by atomic mass is 9.85. The van der Waals surface area contributed by atoms with Crippen LogP contribution in [0, 0.1) is 13.8 Å². The normalized spacial score (nSPS) is 12.8. The molecule has 0 fully saturated rings. The van der Waals surface area contributed by atoms with Gasteiger partial charge in [0.15, 0.2) is 5.78 Å². The molecular weight excluding hydrogens is 296 g/mol. The predicted octanol–water partition coefficient (Wildman–Crippen LogP) is 1.42. The predicted molar refractivity (Wildman–Crippen MR) is 85.1 cm³/mol. The third kappa shape index (κ3) is 1.95. The number of nitrogens with one attached hydrogen (secondary N) is 1. The van der Waals surface area contributed by atoms with Crippen LogP contribution in [0.3, 0.4) is 0 Å². The van der Waals surface area contributed by atoms with Crippen LogP contribution in [0.1, 0.15) is 50.2 Å². The molecule has 0 radical (unpaired) electrons. The molecule has 0 unspecified atom stereocenters. The topological polar surface area (TPSA) is 89.0 Å². The van der Waals surface area contributed by atoms with E-state index in [1.807, 2.05) is 0 Å². The maximum Gasteiger partial charge on any atom is 0.255 e. The van der Waals surface area contributed by atoms with E-state index in [2.05, 4.69) is 11.6 Å². The molecular formula is C17H14N2O4. The third-order valence-electron chi connectivity index (χ3n) is 3.93. The molecule has 1 N–H and O–H groups in total. The number of carbonyl (C=O) groups is 2. The van der Waals surface area contributed by atoms with Crippen LogP contribution in [0.2, 0.25) is 0 Å². The molecule has 6 heteroatoms. The van der Waals surface area contributed by atoms with Crippen LogP contribution in [0.25, 0.3) is 5.70 Å². The number of fused-ring (bicyclic) bond motifs is 2. The first-order valence-corrected chi connectivity index (χ1v) is 7.00. The number of H-pyrrole nitrogens is 1. The number of ketones is 2. The van der Waals surface area contributed by atoms with E-state index in [-0.39, 0.29) is 28.3 Å². The van der Waals surface area contributed by atoms with Crippen molar-refractivity contribution in [2.45, 2.75) is 20.8 Å². The summed E-state index contributed by atoms with van der Waals surface area (Å²) in [6.07, 6.45) is 0. The first kappa shape index (κ1) is 14.9. The van der Waals surface area contributed by atoms with Gasteiger partial charge in [-0.05, 0) is 31.9 Å². The molecule has 3 rings (SSSR count). The van der Waals surface area contributed by atoms with Crippen LogP contribution in [0.4, 0.5) is 0 Å². The number of allylic oxidation sites excluding steroid dienone is 1. The summed E-state index contributed by atoms with van der Waals surface area (Å²) in [6, 6.07) is 2.59. The van der Waals surface area contributed by atoms with Crippen LogP contribution in [0.15, 0.2) is 28.3 Å². The molecule has 2 aromatic heterocycles. The number of aromatic amines is 1.